The minimum absolute atomic E-state index is 0.104. The maximum absolute atomic E-state index is 9.92. The summed E-state index contributed by atoms with van der Waals surface area (Å²) < 4.78 is 5.54. The molecule has 82 valence electrons. The molecule has 1 N–H and O–H groups in total. The molecule has 0 aromatic heterocycles. The first-order chi connectivity index (χ1) is 7.33. The van der Waals surface area contributed by atoms with E-state index in [2.05, 4.69) is 19.1 Å². The molecular formula is C13H18O2. The Morgan fingerprint density at radius 3 is 2.67 bits per heavy atom. The average molecular weight is 206 g/mol. The van der Waals surface area contributed by atoms with Gasteiger partial charge in [0.05, 0.1) is 18.8 Å². The fourth-order valence-electron chi connectivity index (χ4n) is 2.11. The Bertz CT molecular complexity index is 297. The second-order valence-corrected chi connectivity index (χ2v) is 4.18. The van der Waals surface area contributed by atoms with E-state index in [-0.39, 0.29) is 18.1 Å². The highest BCUT2D eigenvalue weighted by Gasteiger charge is 2.37. The zero-order valence-electron chi connectivity index (χ0n) is 9.10. The molecule has 1 aromatic carbocycles. The van der Waals surface area contributed by atoms with Crippen molar-refractivity contribution in [3.05, 3.63) is 35.9 Å². The zero-order chi connectivity index (χ0) is 10.7. The van der Waals surface area contributed by atoms with Crippen molar-refractivity contribution >= 4 is 0 Å². The van der Waals surface area contributed by atoms with E-state index in [0.29, 0.717) is 6.61 Å². The van der Waals surface area contributed by atoms with E-state index < -0.39 is 0 Å². The SMILES string of the molecule is CCCC(O)[C@@H]1CO[C@H]1c1ccccc1. The Hall–Kier alpha value is -0.860. The van der Waals surface area contributed by atoms with Crippen LogP contribution < -0.4 is 0 Å². The third-order valence-corrected chi connectivity index (χ3v) is 3.06. The molecule has 1 heterocycles. The van der Waals surface area contributed by atoms with Crippen molar-refractivity contribution in [2.24, 2.45) is 5.92 Å². The maximum atomic E-state index is 9.92. The minimum atomic E-state index is -0.214. The van der Waals surface area contributed by atoms with Gasteiger partial charge in [-0.05, 0) is 12.0 Å². The van der Waals surface area contributed by atoms with Crippen molar-refractivity contribution in [1.82, 2.24) is 0 Å². The number of rotatable bonds is 4. The number of hydrogen-bond donors (Lipinski definition) is 1. The molecule has 0 saturated carbocycles. The fraction of sp³-hybridized carbons (Fsp3) is 0.538. The number of aliphatic hydroxyl groups excluding tert-OH is 1. The van der Waals surface area contributed by atoms with Crippen LogP contribution in [0.5, 0.6) is 0 Å². The van der Waals surface area contributed by atoms with Crippen LogP contribution in [-0.2, 0) is 4.74 Å². The first kappa shape index (κ1) is 10.7. The van der Waals surface area contributed by atoms with Crippen LogP contribution in [-0.4, -0.2) is 17.8 Å². The summed E-state index contributed by atoms with van der Waals surface area (Å²) in [7, 11) is 0. The Labute approximate surface area is 90.9 Å². The molecule has 2 heteroatoms. The van der Waals surface area contributed by atoms with Gasteiger partial charge in [0.25, 0.3) is 0 Å². The molecule has 0 amide bonds. The molecule has 1 fully saturated rings. The summed E-state index contributed by atoms with van der Waals surface area (Å²) in [4.78, 5) is 0. The van der Waals surface area contributed by atoms with Crippen LogP contribution in [0.15, 0.2) is 30.3 Å². The summed E-state index contributed by atoms with van der Waals surface area (Å²) >= 11 is 0. The van der Waals surface area contributed by atoms with E-state index in [9.17, 15) is 5.11 Å². The molecule has 1 unspecified atom stereocenters. The largest absolute Gasteiger partial charge is 0.393 e. The molecule has 2 rings (SSSR count). The Balaban J connectivity index is 2.00. The number of hydrogen-bond acceptors (Lipinski definition) is 2. The van der Waals surface area contributed by atoms with E-state index >= 15 is 0 Å². The van der Waals surface area contributed by atoms with E-state index in [1.165, 1.54) is 5.56 Å². The van der Waals surface area contributed by atoms with E-state index in [0.717, 1.165) is 12.8 Å². The van der Waals surface area contributed by atoms with Crippen LogP contribution >= 0.6 is 0 Å². The predicted octanol–water partition coefficient (Wildman–Crippen LogP) is 2.54. The standard InChI is InChI=1S/C13H18O2/c1-2-6-12(14)11-9-15-13(11)10-7-4-3-5-8-10/h3-5,7-8,11-14H,2,6,9H2,1H3/t11-,12?,13-/m0/s1. The van der Waals surface area contributed by atoms with Crippen LogP contribution in [0.2, 0.25) is 0 Å². The smallest absolute Gasteiger partial charge is 0.0900 e. The van der Waals surface area contributed by atoms with Crippen molar-refractivity contribution < 1.29 is 9.84 Å². The maximum Gasteiger partial charge on any atom is 0.0900 e. The Morgan fingerprint density at radius 2 is 2.13 bits per heavy atom. The summed E-state index contributed by atoms with van der Waals surface area (Å²) in [6.07, 6.45) is 1.79. The molecule has 1 aliphatic rings. The van der Waals surface area contributed by atoms with Crippen LogP contribution in [0.1, 0.15) is 31.4 Å². The van der Waals surface area contributed by atoms with Crippen LogP contribution in [0, 0.1) is 5.92 Å². The van der Waals surface area contributed by atoms with Gasteiger partial charge in [0.1, 0.15) is 0 Å². The summed E-state index contributed by atoms with van der Waals surface area (Å²) in [6.45, 7) is 2.79. The second-order valence-electron chi connectivity index (χ2n) is 4.18. The molecule has 0 bridgehead atoms. The van der Waals surface area contributed by atoms with Crippen molar-refractivity contribution in [3.63, 3.8) is 0 Å². The summed E-state index contributed by atoms with van der Waals surface area (Å²) in [6, 6.07) is 10.2. The van der Waals surface area contributed by atoms with Gasteiger partial charge in [-0.1, -0.05) is 43.7 Å². The van der Waals surface area contributed by atoms with Crippen LogP contribution in [0.3, 0.4) is 0 Å². The number of aliphatic hydroxyl groups is 1. The number of ether oxygens (including phenoxy) is 1. The fourth-order valence-corrected chi connectivity index (χ4v) is 2.11. The lowest BCUT2D eigenvalue weighted by atomic mass is 9.85. The molecule has 3 atom stereocenters. The lowest BCUT2D eigenvalue weighted by Crippen LogP contribution is -2.40. The predicted molar refractivity (Wildman–Crippen MR) is 59.5 cm³/mol. The lowest BCUT2D eigenvalue weighted by Gasteiger charge is -2.40. The molecular weight excluding hydrogens is 188 g/mol. The molecule has 0 radical (unpaired) electrons. The monoisotopic (exact) mass is 206 g/mol. The van der Waals surface area contributed by atoms with Gasteiger partial charge in [-0.15, -0.1) is 0 Å². The van der Waals surface area contributed by atoms with Gasteiger partial charge in [0.2, 0.25) is 0 Å². The van der Waals surface area contributed by atoms with E-state index in [1.54, 1.807) is 0 Å². The van der Waals surface area contributed by atoms with Gasteiger partial charge >= 0.3 is 0 Å². The molecule has 15 heavy (non-hydrogen) atoms. The lowest BCUT2D eigenvalue weighted by molar-refractivity contribution is -0.162. The van der Waals surface area contributed by atoms with Gasteiger partial charge in [-0.25, -0.2) is 0 Å². The molecule has 1 aromatic rings. The summed E-state index contributed by atoms with van der Waals surface area (Å²) in [5.74, 6) is 0.285. The molecule has 0 spiro atoms. The molecule has 0 aliphatic carbocycles. The second kappa shape index (κ2) is 4.77. The molecule has 1 aliphatic heterocycles. The van der Waals surface area contributed by atoms with E-state index in [4.69, 9.17) is 4.74 Å². The number of benzene rings is 1. The normalized spacial score (nSPS) is 27.1. The topological polar surface area (TPSA) is 29.5 Å². The van der Waals surface area contributed by atoms with Gasteiger partial charge < -0.3 is 9.84 Å². The van der Waals surface area contributed by atoms with Crippen molar-refractivity contribution in [2.45, 2.75) is 32.0 Å². The highest BCUT2D eigenvalue weighted by Crippen LogP contribution is 2.38. The minimum Gasteiger partial charge on any atom is -0.393 e. The van der Waals surface area contributed by atoms with E-state index in [1.807, 2.05) is 18.2 Å². The van der Waals surface area contributed by atoms with Gasteiger partial charge in [0, 0.05) is 5.92 Å². The van der Waals surface area contributed by atoms with Crippen LogP contribution in [0.25, 0.3) is 0 Å². The third-order valence-electron chi connectivity index (χ3n) is 3.06. The van der Waals surface area contributed by atoms with Crippen molar-refractivity contribution in [3.8, 4) is 0 Å². The highest BCUT2D eigenvalue weighted by atomic mass is 16.5. The molecule has 1 saturated heterocycles. The highest BCUT2D eigenvalue weighted by molar-refractivity contribution is 5.20. The first-order valence-corrected chi connectivity index (χ1v) is 5.67. The summed E-state index contributed by atoms with van der Waals surface area (Å²) in [5, 5.41) is 9.92. The Kier molecular flexibility index (Phi) is 3.39. The van der Waals surface area contributed by atoms with Gasteiger partial charge in [-0.3, -0.25) is 0 Å². The summed E-state index contributed by atoms with van der Waals surface area (Å²) in [5.41, 5.74) is 1.18. The quantitative estimate of drug-likeness (QED) is 0.820. The van der Waals surface area contributed by atoms with Crippen molar-refractivity contribution in [1.29, 1.82) is 0 Å². The van der Waals surface area contributed by atoms with Gasteiger partial charge in [-0.2, -0.15) is 0 Å². The third kappa shape index (κ3) is 2.21. The Morgan fingerprint density at radius 1 is 1.40 bits per heavy atom. The zero-order valence-corrected chi connectivity index (χ0v) is 9.10. The molecule has 2 nitrogen and oxygen atoms in total. The average Bonchev–Trinajstić information content (AvgIpc) is 2.18. The first-order valence-electron chi connectivity index (χ1n) is 5.67. The van der Waals surface area contributed by atoms with Crippen molar-refractivity contribution in [2.75, 3.05) is 6.61 Å². The van der Waals surface area contributed by atoms with Crippen LogP contribution in [0.4, 0.5) is 0 Å². The van der Waals surface area contributed by atoms with Gasteiger partial charge in [0.15, 0.2) is 0 Å².